The van der Waals surface area contributed by atoms with Gasteiger partial charge in [-0.1, -0.05) is 37.3 Å². The minimum atomic E-state index is 0.537. The summed E-state index contributed by atoms with van der Waals surface area (Å²) >= 11 is 1.47. The van der Waals surface area contributed by atoms with E-state index in [0.717, 1.165) is 17.4 Å². The molecule has 2 atom stereocenters. The van der Waals surface area contributed by atoms with Crippen molar-refractivity contribution in [2.75, 3.05) is 5.32 Å². The van der Waals surface area contributed by atoms with Gasteiger partial charge in [0.15, 0.2) is 0 Å². The molecule has 1 fully saturated rings. The summed E-state index contributed by atoms with van der Waals surface area (Å²) in [5.74, 6) is 1.58. The first-order chi connectivity index (χ1) is 8.36. The molecule has 2 unspecified atom stereocenters. The molecule has 0 bridgehead atoms. The van der Waals surface area contributed by atoms with Crippen LogP contribution in [0, 0.1) is 0 Å². The highest BCUT2D eigenvalue weighted by atomic mass is 32.1. The average Bonchev–Trinajstić information content (AvgIpc) is 2.98. The van der Waals surface area contributed by atoms with Crippen molar-refractivity contribution < 1.29 is 0 Å². The molecular weight excluding hydrogens is 230 g/mol. The Morgan fingerprint density at radius 1 is 1.35 bits per heavy atom. The second-order valence-corrected chi connectivity index (χ2v) is 5.12. The molecule has 1 N–H and O–H groups in total. The number of rotatable bonds is 4. The van der Waals surface area contributed by atoms with Crippen molar-refractivity contribution in [2.45, 2.75) is 31.7 Å². The maximum absolute atomic E-state index is 4.43. The van der Waals surface area contributed by atoms with Gasteiger partial charge in [-0.3, -0.25) is 0 Å². The third kappa shape index (κ3) is 2.31. The van der Waals surface area contributed by atoms with Crippen molar-refractivity contribution in [3.8, 4) is 0 Å². The molecule has 1 heterocycles. The van der Waals surface area contributed by atoms with E-state index < -0.39 is 0 Å². The molecule has 17 heavy (non-hydrogen) atoms. The summed E-state index contributed by atoms with van der Waals surface area (Å²) in [6, 6.07) is 11.2. The zero-order valence-corrected chi connectivity index (χ0v) is 10.6. The van der Waals surface area contributed by atoms with E-state index in [1.54, 1.807) is 0 Å². The predicted octanol–water partition coefficient (Wildman–Crippen LogP) is 3.07. The molecule has 1 aromatic heterocycles. The van der Waals surface area contributed by atoms with E-state index in [1.807, 2.05) is 0 Å². The lowest BCUT2D eigenvalue weighted by molar-refractivity contribution is 0.984. The number of hydrogen-bond acceptors (Lipinski definition) is 4. The Morgan fingerprint density at radius 3 is 2.88 bits per heavy atom. The van der Waals surface area contributed by atoms with Crippen molar-refractivity contribution in [1.82, 2.24) is 9.36 Å². The third-order valence-corrected chi connectivity index (χ3v) is 3.80. The molecule has 4 heteroatoms. The summed E-state index contributed by atoms with van der Waals surface area (Å²) < 4.78 is 4.28. The molecule has 0 saturated heterocycles. The summed E-state index contributed by atoms with van der Waals surface area (Å²) in [4.78, 5) is 4.43. The smallest absolute Gasteiger partial charge is 0.202 e. The molecule has 2 aromatic rings. The van der Waals surface area contributed by atoms with Crippen LogP contribution in [0.15, 0.2) is 30.3 Å². The Kier molecular flexibility index (Phi) is 2.81. The van der Waals surface area contributed by atoms with Crippen LogP contribution in [0.1, 0.15) is 30.7 Å². The summed E-state index contributed by atoms with van der Waals surface area (Å²) in [7, 11) is 0. The molecule has 0 amide bonds. The van der Waals surface area contributed by atoms with Gasteiger partial charge in [0.2, 0.25) is 5.13 Å². The van der Waals surface area contributed by atoms with E-state index in [-0.39, 0.29) is 0 Å². The number of hydrogen-bond donors (Lipinski definition) is 1. The lowest BCUT2D eigenvalue weighted by Gasteiger charge is -2.01. The van der Waals surface area contributed by atoms with E-state index >= 15 is 0 Å². The fourth-order valence-electron chi connectivity index (χ4n) is 2.04. The van der Waals surface area contributed by atoms with Crippen LogP contribution in [0.3, 0.4) is 0 Å². The minimum Gasteiger partial charge on any atom is -0.357 e. The molecule has 0 spiro atoms. The van der Waals surface area contributed by atoms with E-state index in [9.17, 15) is 0 Å². The molecular formula is C13H15N3S. The third-order valence-electron chi connectivity index (χ3n) is 3.11. The van der Waals surface area contributed by atoms with Crippen LogP contribution >= 0.6 is 11.5 Å². The van der Waals surface area contributed by atoms with E-state index in [0.29, 0.717) is 12.0 Å². The van der Waals surface area contributed by atoms with Crippen molar-refractivity contribution in [2.24, 2.45) is 0 Å². The molecule has 1 aromatic carbocycles. The normalized spacial score (nSPS) is 22.4. The number of aromatic nitrogens is 2. The molecule has 1 aliphatic carbocycles. The topological polar surface area (TPSA) is 37.8 Å². The van der Waals surface area contributed by atoms with Gasteiger partial charge >= 0.3 is 0 Å². The molecule has 1 aliphatic rings. The minimum absolute atomic E-state index is 0.537. The van der Waals surface area contributed by atoms with Crippen LogP contribution in [0.2, 0.25) is 0 Å². The number of nitrogens with zero attached hydrogens (tertiary/aromatic N) is 2. The summed E-state index contributed by atoms with van der Waals surface area (Å²) in [5.41, 5.74) is 1.42. The van der Waals surface area contributed by atoms with E-state index in [1.165, 1.54) is 23.5 Å². The van der Waals surface area contributed by atoms with Crippen LogP contribution in [0.5, 0.6) is 0 Å². The van der Waals surface area contributed by atoms with Crippen molar-refractivity contribution >= 4 is 16.7 Å². The van der Waals surface area contributed by atoms with Gasteiger partial charge in [0.25, 0.3) is 0 Å². The van der Waals surface area contributed by atoms with E-state index in [2.05, 4.69) is 51.9 Å². The second-order valence-electron chi connectivity index (χ2n) is 4.37. The van der Waals surface area contributed by atoms with Crippen LogP contribution in [-0.2, 0) is 6.42 Å². The number of anilines is 1. The quantitative estimate of drug-likeness (QED) is 0.899. The van der Waals surface area contributed by atoms with Gasteiger partial charge in [-0.2, -0.15) is 4.37 Å². The fourth-order valence-corrected chi connectivity index (χ4v) is 2.75. The number of aryl methyl sites for hydroxylation is 1. The SMILES string of the molecule is CCc1nsc(NC2CC2c2ccccc2)n1. The average molecular weight is 245 g/mol. The lowest BCUT2D eigenvalue weighted by Crippen LogP contribution is -2.03. The van der Waals surface area contributed by atoms with Gasteiger partial charge in [0, 0.05) is 29.9 Å². The first-order valence-electron chi connectivity index (χ1n) is 6.01. The standard InChI is InChI=1S/C13H15N3S/c1-2-12-15-13(17-16-12)14-11-8-10(11)9-6-4-3-5-7-9/h3-7,10-11H,2,8H2,1H3,(H,14,15,16). The van der Waals surface area contributed by atoms with Gasteiger partial charge in [0.05, 0.1) is 0 Å². The zero-order valence-electron chi connectivity index (χ0n) is 9.76. The first-order valence-corrected chi connectivity index (χ1v) is 6.78. The lowest BCUT2D eigenvalue weighted by atomic mass is 10.1. The predicted molar refractivity (Wildman–Crippen MR) is 70.5 cm³/mol. The fraction of sp³-hybridized carbons (Fsp3) is 0.385. The summed E-state index contributed by atoms with van der Waals surface area (Å²) in [6.45, 7) is 2.08. The number of benzene rings is 1. The monoisotopic (exact) mass is 245 g/mol. The highest BCUT2D eigenvalue weighted by molar-refractivity contribution is 7.09. The van der Waals surface area contributed by atoms with Crippen LogP contribution in [0.25, 0.3) is 0 Å². The Labute approximate surface area is 105 Å². The Hall–Kier alpha value is -1.42. The van der Waals surface area contributed by atoms with E-state index in [4.69, 9.17) is 0 Å². The van der Waals surface area contributed by atoms with Gasteiger partial charge in [-0.15, -0.1) is 0 Å². The molecule has 3 nitrogen and oxygen atoms in total. The Morgan fingerprint density at radius 2 is 2.18 bits per heavy atom. The van der Waals surface area contributed by atoms with Crippen LogP contribution in [-0.4, -0.2) is 15.4 Å². The van der Waals surface area contributed by atoms with Crippen LogP contribution < -0.4 is 5.32 Å². The molecule has 0 radical (unpaired) electrons. The first kappa shape index (κ1) is 10.7. The Bertz CT molecular complexity index is 494. The van der Waals surface area contributed by atoms with Gasteiger partial charge < -0.3 is 5.32 Å². The Balaban J connectivity index is 1.62. The summed E-state index contributed by atoms with van der Waals surface area (Å²) in [5, 5.41) is 4.43. The van der Waals surface area contributed by atoms with Gasteiger partial charge in [-0.05, 0) is 12.0 Å². The zero-order chi connectivity index (χ0) is 11.7. The highest BCUT2D eigenvalue weighted by Crippen LogP contribution is 2.42. The maximum atomic E-state index is 4.43. The van der Waals surface area contributed by atoms with Crippen molar-refractivity contribution in [3.05, 3.63) is 41.7 Å². The summed E-state index contributed by atoms with van der Waals surface area (Å²) in [6.07, 6.45) is 2.11. The van der Waals surface area contributed by atoms with Crippen molar-refractivity contribution in [1.29, 1.82) is 0 Å². The van der Waals surface area contributed by atoms with Crippen molar-refractivity contribution in [3.63, 3.8) is 0 Å². The van der Waals surface area contributed by atoms with Gasteiger partial charge in [-0.25, -0.2) is 4.98 Å². The molecule has 88 valence electrons. The molecule has 3 rings (SSSR count). The molecule has 1 saturated carbocycles. The highest BCUT2D eigenvalue weighted by Gasteiger charge is 2.38. The molecule has 0 aliphatic heterocycles. The van der Waals surface area contributed by atoms with Crippen LogP contribution in [0.4, 0.5) is 5.13 Å². The second kappa shape index (κ2) is 4.45. The largest absolute Gasteiger partial charge is 0.357 e. The maximum Gasteiger partial charge on any atom is 0.202 e. The number of nitrogens with one attached hydrogen (secondary N) is 1. The van der Waals surface area contributed by atoms with Gasteiger partial charge in [0.1, 0.15) is 5.82 Å².